The van der Waals surface area contributed by atoms with E-state index < -0.39 is 5.97 Å². The molecule has 0 saturated heterocycles. The molecule has 0 atom stereocenters. The van der Waals surface area contributed by atoms with E-state index in [4.69, 9.17) is 5.11 Å². The lowest BCUT2D eigenvalue weighted by Gasteiger charge is -1.73. The molecule has 3 heteroatoms. The molecule has 0 amide bonds. The molecule has 54 valence electrons. The topological polar surface area (TPSA) is 37.3 Å². The predicted octanol–water partition coefficient (Wildman–Crippen LogP) is 2.09. The van der Waals surface area contributed by atoms with E-state index in [0.29, 0.717) is 0 Å². The highest BCUT2D eigenvalue weighted by Crippen LogP contribution is 1.84. The zero-order chi connectivity index (χ0) is 7.82. The molecule has 0 fully saturated rings. The fourth-order valence-corrected chi connectivity index (χ4v) is 0.484. The first-order chi connectivity index (χ1) is 4.77. The molecule has 0 aliphatic carbocycles. The smallest absolute Gasteiger partial charge is 0.328 e. The third-order valence-corrected chi connectivity index (χ3v) is 0.950. The average molecular weight is 203 g/mol. The molecule has 10 heavy (non-hydrogen) atoms. The Hall–Kier alpha value is -0.830. The van der Waals surface area contributed by atoms with Gasteiger partial charge >= 0.3 is 5.97 Å². The highest BCUT2D eigenvalue weighted by Gasteiger charge is 1.78. The van der Waals surface area contributed by atoms with Gasteiger partial charge in [0.25, 0.3) is 0 Å². The summed E-state index contributed by atoms with van der Waals surface area (Å²) in [5.41, 5.74) is 0. The maximum Gasteiger partial charge on any atom is 0.328 e. The van der Waals surface area contributed by atoms with Crippen molar-refractivity contribution in [3.05, 3.63) is 35.4 Å². The molecular formula is C7H7BrO2. The van der Waals surface area contributed by atoms with Crippen molar-refractivity contribution in [3.8, 4) is 0 Å². The van der Waals surface area contributed by atoms with Crippen molar-refractivity contribution < 1.29 is 9.90 Å². The lowest BCUT2D eigenvalue weighted by molar-refractivity contribution is -0.131. The summed E-state index contributed by atoms with van der Waals surface area (Å²) < 4.78 is 0. The van der Waals surface area contributed by atoms with Gasteiger partial charge in [-0.3, -0.25) is 0 Å². The van der Waals surface area contributed by atoms with Crippen molar-refractivity contribution in [2.45, 2.75) is 0 Å². The summed E-state index contributed by atoms with van der Waals surface area (Å²) in [6, 6.07) is 0. The number of carbonyl (C=O) groups is 1. The first kappa shape index (κ1) is 9.17. The molecular weight excluding hydrogens is 196 g/mol. The second-order valence-corrected chi connectivity index (χ2v) is 1.93. The van der Waals surface area contributed by atoms with Gasteiger partial charge in [-0.15, -0.1) is 0 Å². The molecule has 0 radical (unpaired) electrons. The molecule has 0 aromatic carbocycles. The van der Waals surface area contributed by atoms with Crippen molar-refractivity contribution in [2.75, 3.05) is 0 Å². The standard InChI is InChI=1S/C7H7BrO2/c8-6-4-2-1-3-5-7(9)10/h1-6H,(H,9,10)/b2-1+,5-3+,6-4+. The van der Waals surface area contributed by atoms with Crippen LogP contribution >= 0.6 is 15.9 Å². The summed E-state index contributed by atoms with van der Waals surface area (Å²) in [7, 11) is 0. The van der Waals surface area contributed by atoms with Crippen LogP contribution in [-0.4, -0.2) is 11.1 Å². The Morgan fingerprint density at radius 1 is 1.20 bits per heavy atom. The third kappa shape index (κ3) is 7.17. The Balaban J connectivity index is 3.62. The molecule has 0 unspecified atom stereocenters. The first-order valence-electron chi connectivity index (χ1n) is 2.60. The van der Waals surface area contributed by atoms with Crippen LogP contribution in [0.15, 0.2) is 35.4 Å². The van der Waals surface area contributed by atoms with Gasteiger partial charge in [0.15, 0.2) is 0 Å². The van der Waals surface area contributed by atoms with E-state index in [2.05, 4.69) is 15.9 Å². The van der Waals surface area contributed by atoms with Gasteiger partial charge in [0.2, 0.25) is 0 Å². The van der Waals surface area contributed by atoms with E-state index in [0.717, 1.165) is 6.08 Å². The Morgan fingerprint density at radius 3 is 2.30 bits per heavy atom. The fourth-order valence-electron chi connectivity index (χ4n) is 0.308. The van der Waals surface area contributed by atoms with Crippen molar-refractivity contribution in [1.29, 1.82) is 0 Å². The highest BCUT2D eigenvalue weighted by atomic mass is 79.9. The second-order valence-electron chi connectivity index (χ2n) is 1.40. The molecule has 0 aliphatic rings. The minimum Gasteiger partial charge on any atom is -0.478 e. The SMILES string of the molecule is O=C(O)/C=C/C=C/C=C/Br. The molecule has 0 spiro atoms. The molecule has 0 saturated carbocycles. The number of rotatable bonds is 3. The number of carboxylic acid groups (broad SMARTS) is 1. The van der Waals surface area contributed by atoms with Gasteiger partial charge in [-0.1, -0.05) is 40.2 Å². The Bertz CT molecular complexity index is 180. The number of halogens is 1. The van der Waals surface area contributed by atoms with Crippen LogP contribution < -0.4 is 0 Å². The molecule has 2 nitrogen and oxygen atoms in total. The minimum atomic E-state index is -0.938. The molecule has 1 N–H and O–H groups in total. The lowest BCUT2D eigenvalue weighted by Crippen LogP contribution is -1.84. The van der Waals surface area contributed by atoms with Crippen molar-refractivity contribution in [3.63, 3.8) is 0 Å². The zero-order valence-corrected chi connectivity index (χ0v) is 6.78. The third-order valence-electron chi connectivity index (χ3n) is 0.645. The van der Waals surface area contributed by atoms with E-state index >= 15 is 0 Å². The summed E-state index contributed by atoms with van der Waals surface area (Å²) in [6.45, 7) is 0. The summed E-state index contributed by atoms with van der Waals surface area (Å²) in [5, 5.41) is 8.12. The molecule has 0 aromatic rings. The minimum absolute atomic E-state index is 0.938. The number of carboxylic acids is 1. The van der Waals surface area contributed by atoms with Crippen LogP contribution in [0.2, 0.25) is 0 Å². The maximum atomic E-state index is 9.88. The Kier molecular flexibility index (Phi) is 5.77. The largest absolute Gasteiger partial charge is 0.478 e. The fraction of sp³-hybridized carbons (Fsp3) is 0. The van der Waals surface area contributed by atoms with Crippen LogP contribution in [0, 0.1) is 0 Å². The first-order valence-corrected chi connectivity index (χ1v) is 3.52. The van der Waals surface area contributed by atoms with E-state index in [9.17, 15) is 4.79 Å². The number of allylic oxidation sites excluding steroid dienone is 4. The van der Waals surface area contributed by atoms with Crippen molar-refractivity contribution in [1.82, 2.24) is 0 Å². The van der Waals surface area contributed by atoms with Crippen LogP contribution in [0.1, 0.15) is 0 Å². The van der Waals surface area contributed by atoms with E-state index in [1.54, 1.807) is 23.2 Å². The van der Waals surface area contributed by atoms with Gasteiger partial charge in [0.1, 0.15) is 0 Å². The van der Waals surface area contributed by atoms with Gasteiger partial charge in [-0.2, -0.15) is 0 Å². The van der Waals surface area contributed by atoms with Crippen LogP contribution in [-0.2, 0) is 4.79 Å². The molecule has 0 bridgehead atoms. The van der Waals surface area contributed by atoms with E-state index in [1.807, 2.05) is 0 Å². The van der Waals surface area contributed by atoms with Crippen LogP contribution in [0.3, 0.4) is 0 Å². The molecule has 0 heterocycles. The molecule has 0 aromatic heterocycles. The number of hydrogen-bond donors (Lipinski definition) is 1. The Morgan fingerprint density at radius 2 is 1.80 bits per heavy atom. The predicted molar refractivity (Wildman–Crippen MR) is 44.0 cm³/mol. The second kappa shape index (κ2) is 6.29. The van der Waals surface area contributed by atoms with E-state index in [-0.39, 0.29) is 0 Å². The number of hydrogen-bond acceptors (Lipinski definition) is 1. The summed E-state index contributed by atoms with van der Waals surface area (Å²) in [5.74, 6) is -0.938. The van der Waals surface area contributed by atoms with Crippen LogP contribution in [0.5, 0.6) is 0 Å². The van der Waals surface area contributed by atoms with Crippen molar-refractivity contribution in [2.24, 2.45) is 0 Å². The van der Waals surface area contributed by atoms with Gasteiger partial charge in [0.05, 0.1) is 0 Å². The summed E-state index contributed by atoms with van der Waals surface area (Å²) >= 11 is 3.06. The zero-order valence-electron chi connectivity index (χ0n) is 5.20. The maximum absolute atomic E-state index is 9.88. The monoisotopic (exact) mass is 202 g/mol. The average Bonchev–Trinajstić information content (AvgIpc) is 1.87. The van der Waals surface area contributed by atoms with E-state index in [1.165, 1.54) is 6.08 Å². The molecule has 0 rings (SSSR count). The molecule has 0 aliphatic heterocycles. The van der Waals surface area contributed by atoms with Crippen molar-refractivity contribution >= 4 is 21.9 Å². The van der Waals surface area contributed by atoms with Gasteiger partial charge in [-0.25, -0.2) is 4.79 Å². The summed E-state index contributed by atoms with van der Waals surface area (Å²) in [4.78, 5) is 11.6. The summed E-state index contributed by atoms with van der Waals surface area (Å²) in [6.07, 6.45) is 7.61. The quantitative estimate of drug-likeness (QED) is 0.563. The lowest BCUT2D eigenvalue weighted by atomic mass is 10.4. The number of aliphatic carboxylic acids is 1. The van der Waals surface area contributed by atoms with Crippen LogP contribution in [0.25, 0.3) is 0 Å². The van der Waals surface area contributed by atoms with Gasteiger partial charge in [0, 0.05) is 6.08 Å². The normalized spacial score (nSPS) is 12.1. The van der Waals surface area contributed by atoms with Crippen LogP contribution in [0.4, 0.5) is 0 Å². The Labute approximate surface area is 67.7 Å². The highest BCUT2D eigenvalue weighted by molar-refractivity contribution is 9.11. The van der Waals surface area contributed by atoms with Gasteiger partial charge < -0.3 is 5.11 Å². The van der Waals surface area contributed by atoms with Gasteiger partial charge in [-0.05, 0) is 4.99 Å².